The van der Waals surface area contributed by atoms with E-state index in [1.165, 1.54) is 41.5 Å². The smallest absolute Gasteiger partial charge is 0.432 e. The summed E-state index contributed by atoms with van der Waals surface area (Å²) in [6, 6.07) is 36.3. The highest BCUT2D eigenvalue weighted by atomic mass is 79.9. The number of amides is 2. The van der Waals surface area contributed by atoms with E-state index in [1.807, 2.05) is 72.8 Å². The van der Waals surface area contributed by atoms with Crippen LogP contribution in [0.5, 0.6) is 0 Å². The van der Waals surface area contributed by atoms with E-state index >= 15 is 0 Å². The van der Waals surface area contributed by atoms with Crippen LogP contribution < -0.4 is 5.46 Å². The molecule has 0 aromatic heterocycles. The van der Waals surface area contributed by atoms with Gasteiger partial charge < -0.3 is 29.7 Å². The molecular formula is C55H58B3BrCl3F3N2O7. The topological polar surface area (TPSA) is 139 Å². The molecule has 4 N–H and O–H groups in total. The zero-order chi connectivity index (χ0) is 52.9. The zero-order valence-electron chi connectivity index (χ0n) is 40.2. The molecule has 3 atom stereocenters. The first-order valence-corrected chi connectivity index (χ1v) is 25.8. The second kappa shape index (κ2) is 28.3. The lowest BCUT2D eigenvalue weighted by Gasteiger charge is -2.25. The Morgan fingerprint density at radius 1 is 0.541 bits per heavy atom. The van der Waals surface area contributed by atoms with Crippen LogP contribution in [0.25, 0.3) is 22.3 Å². The van der Waals surface area contributed by atoms with Crippen molar-refractivity contribution in [3.8, 4) is 22.3 Å². The highest BCUT2D eigenvalue weighted by molar-refractivity contribution is 9.10. The average molecular weight is 1130 g/mol. The van der Waals surface area contributed by atoms with E-state index in [2.05, 4.69) is 15.9 Å². The Balaban J connectivity index is 0.000000188. The van der Waals surface area contributed by atoms with Gasteiger partial charge in [-0.1, -0.05) is 119 Å². The molecule has 19 heteroatoms. The van der Waals surface area contributed by atoms with Gasteiger partial charge in [0, 0.05) is 73.9 Å². The Labute approximate surface area is 456 Å². The number of Topliss-reactive ketones (excluding diaryl/α,β-unsaturated/α-hetero) is 1. The number of ketones is 1. The number of carbonyl (C=O) groups excluding carboxylic acids is 3. The van der Waals surface area contributed by atoms with Crippen molar-refractivity contribution in [1.82, 2.24) is 9.62 Å². The third kappa shape index (κ3) is 17.1. The molecule has 2 aliphatic heterocycles. The molecule has 9 nitrogen and oxygen atoms in total. The van der Waals surface area contributed by atoms with Crippen molar-refractivity contribution in [3.05, 3.63) is 181 Å². The number of rotatable bonds is 11. The summed E-state index contributed by atoms with van der Waals surface area (Å²) in [5, 5.41) is 37.8. The van der Waals surface area contributed by atoms with Crippen LogP contribution in [0.15, 0.2) is 132 Å². The van der Waals surface area contributed by atoms with Crippen LogP contribution >= 0.6 is 50.7 Å². The van der Waals surface area contributed by atoms with Crippen LogP contribution in [-0.4, -0.2) is 80.6 Å². The maximum absolute atomic E-state index is 13.9. The van der Waals surface area contributed by atoms with Gasteiger partial charge in [0.05, 0.1) is 0 Å². The first-order chi connectivity index (χ1) is 34.8. The molecule has 0 spiro atoms. The van der Waals surface area contributed by atoms with Gasteiger partial charge in [-0.25, -0.2) is 13.2 Å². The van der Waals surface area contributed by atoms with Gasteiger partial charge in [-0.05, 0) is 153 Å². The Morgan fingerprint density at radius 3 is 1.31 bits per heavy atom. The number of hydrogen-bond donors (Lipinski definition) is 4. The van der Waals surface area contributed by atoms with Gasteiger partial charge in [-0.3, -0.25) is 14.4 Å². The average Bonchev–Trinajstić information content (AvgIpc) is 4.06. The van der Waals surface area contributed by atoms with E-state index in [0.717, 1.165) is 65.8 Å². The number of hydrogen-bond acceptors (Lipinski definition) is 7. The number of halogens is 7. The molecule has 0 bridgehead atoms. The van der Waals surface area contributed by atoms with Gasteiger partial charge in [-0.15, -0.1) is 0 Å². The maximum Gasteiger partial charge on any atom is 0.491 e. The summed E-state index contributed by atoms with van der Waals surface area (Å²) in [5.41, 5.74) is 5.79. The predicted molar refractivity (Wildman–Crippen MR) is 297 cm³/mol. The fraction of sp³-hybridized carbons (Fsp3) is 0.291. The molecule has 3 fully saturated rings. The molecule has 2 saturated heterocycles. The van der Waals surface area contributed by atoms with Gasteiger partial charge in [0.2, 0.25) is 11.8 Å². The van der Waals surface area contributed by atoms with Crippen LogP contribution in [0.4, 0.5) is 13.2 Å². The summed E-state index contributed by atoms with van der Waals surface area (Å²) in [6.07, 6.45) is 7.41. The second-order valence-electron chi connectivity index (χ2n) is 18.3. The largest absolute Gasteiger partial charge is 0.491 e. The molecule has 1 aliphatic carbocycles. The molecular weight excluding hydrogens is 1080 g/mol. The van der Waals surface area contributed by atoms with Crippen LogP contribution in [0.1, 0.15) is 69.1 Å². The molecule has 6 aromatic carbocycles. The van der Waals surface area contributed by atoms with Crippen LogP contribution in [-0.2, 0) is 33.6 Å². The van der Waals surface area contributed by atoms with Gasteiger partial charge >= 0.3 is 21.2 Å². The Kier molecular flexibility index (Phi) is 22.9. The van der Waals surface area contributed by atoms with Crippen molar-refractivity contribution < 1.29 is 47.7 Å². The molecule has 0 radical (unpaired) electrons. The minimum absolute atomic E-state index is 0. The van der Waals surface area contributed by atoms with Gasteiger partial charge in [0.25, 0.3) is 0 Å². The van der Waals surface area contributed by atoms with Crippen molar-refractivity contribution in [3.63, 3.8) is 0 Å². The zero-order valence-corrected chi connectivity index (χ0v) is 44.1. The molecule has 1 saturated carbocycles. The van der Waals surface area contributed by atoms with E-state index in [9.17, 15) is 37.6 Å². The molecule has 0 unspecified atom stereocenters. The van der Waals surface area contributed by atoms with Gasteiger partial charge in [0.15, 0.2) is 0 Å². The minimum Gasteiger partial charge on any atom is -0.432 e. The van der Waals surface area contributed by atoms with Crippen molar-refractivity contribution in [2.24, 2.45) is 5.92 Å². The lowest BCUT2D eigenvalue weighted by atomic mass is 9.80. The predicted octanol–water partition coefficient (Wildman–Crippen LogP) is 11.7. The SMILES string of the molecule is C.CB(O)N1C(=O)CC[C@H]1Cc1ccc(-c2cc(Cl)ccc2F)cc1.CB(O)N1C(=O)CC[C@H]1Cc1ccc(Br)cc1.O=C1CC[C@@H](Cc2ccc(-c3cc(Cl)ccc3F)cc2)C1.OB(O)c1cc(Cl)ccc1F. The lowest BCUT2D eigenvalue weighted by molar-refractivity contribution is -0.126. The van der Waals surface area contributed by atoms with Crippen molar-refractivity contribution >= 4 is 95.0 Å². The lowest BCUT2D eigenvalue weighted by Crippen LogP contribution is -2.44. The fourth-order valence-electron chi connectivity index (χ4n) is 9.31. The summed E-state index contributed by atoms with van der Waals surface area (Å²) in [5.74, 6) is -0.370. The van der Waals surface area contributed by atoms with Crippen LogP contribution in [0.2, 0.25) is 28.7 Å². The van der Waals surface area contributed by atoms with E-state index in [-0.39, 0.29) is 53.4 Å². The molecule has 74 heavy (non-hydrogen) atoms. The van der Waals surface area contributed by atoms with Crippen LogP contribution in [0, 0.1) is 23.4 Å². The molecule has 3 aliphatic rings. The van der Waals surface area contributed by atoms with E-state index < -0.39 is 27.0 Å². The Morgan fingerprint density at radius 2 is 0.932 bits per heavy atom. The normalized spacial score (nSPS) is 16.8. The third-order valence-corrected chi connectivity index (χ3v) is 14.1. The molecule has 2 heterocycles. The monoisotopic (exact) mass is 1130 g/mol. The Hall–Kier alpha value is -4.90. The number of benzene rings is 6. The van der Waals surface area contributed by atoms with Crippen molar-refractivity contribution in [1.29, 1.82) is 0 Å². The summed E-state index contributed by atoms with van der Waals surface area (Å²) in [4.78, 5) is 37.9. The molecule has 6 aromatic rings. The standard InChI is InChI=1S/C18H18BClFNO2.C18H16ClFO.C12H15BBrNO2.C6H5BClFO2.CH4/c1-19(24)22-15(7-9-18(22)23)10-12-2-4-13(5-3-12)16-11-14(20)6-8-17(16)21;19-15-6-8-18(20)17(11-15)14-4-1-12(2-5-14)9-13-3-7-16(21)10-13;1-13(17)15-11(6-7-12(15)16)8-9-2-4-10(14)5-3-9;8-4-1-2-6(9)5(3-4)7(10)11;/h2-6,8,11,15,24H,7,9-10H2,1H3;1-2,4-6,8,11,13H,3,7,9-10H2;2-5,11,17H,6-8H2,1H3;1-3,10-11H;1H4/t15-;13-;11-;;/m000../s1. The summed E-state index contributed by atoms with van der Waals surface area (Å²) < 4.78 is 41.5. The highest BCUT2D eigenvalue weighted by Gasteiger charge is 2.36. The quantitative estimate of drug-likeness (QED) is 0.0948. The molecule has 2 amide bonds. The van der Waals surface area contributed by atoms with Gasteiger partial charge in [0.1, 0.15) is 23.2 Å². The number of nitrogens with zero attached hydrogens (tertiary/aromatic N) is 2. The van der Waals surface area contributed by atoms with Crippen molar-refractivity contribution in [2.75, 3.05) is 0 Å². The second-order valence-corrected chi connectivity index (χ2v) is 20.5. The van der Waals surface area contributed by atoms with E-state index in [0.29, 0.717) is 58.6 Å². The molecule has 9 rings (SSSR count). The first kappa shape index (κ1) is 60.0. The van der Waals surface area contributed by atoms with Gasteiger partial charge in [-0.2, -0.15) is 0 Å². The molecule has 388 valence electrons. The Bertz CT molecular complexity index is 2840. The maximum atomic E-state index is 13.9. The van der Waals surface area contributed by atoms with E-state index in [4.69, 9.17) is 44.9 Å². The highest BCUT2D eigenvalue weighted by Crippen LogP contribution is 2.31. The summed E-state index contributed by atoms with van der Waals surface area (Å²) in [7, 11) is -3.27. The first-order valence-electron chi connectivity index (χ1n) is 23.9. The summed E-state index contributed by atoms with van der Waals surface area (Å²) >= 11 is 20.7. The van der Waals surface area contributed by atoms with E-state index in [1.54, 1.807) is 41.5 Å². The fourth-order valence-corrected chi connectivity index (χ4v) is 10.1. The minimum atomic E-state index is -1.81. The third-order valence-electron chi connectivity index (χ3n) is 12.9. The number of carbonyl (C=O) groups is 3. The summed E-state index contributed by atoms with van der Waals surface area (Å²) in [6.45, 7) is 3.26. The van der Waals surface area contributed by atoms with Crippen molar-refractivity contribution in [2.45, 2.75) is 97.4 Å². The van der Waals surface area contributed by atoms with Crippen LogP contribution in [0.3, 0.4) is 0 Å².